The second-order valence-electron chi connectivity index (χ2n) is 4.35. The lowest BCUT2D eigenvalue weighted by Gasteiger charge is -2.09. The Morgan fingerprint density at radius 2 is 2.18 bits per heavy atom. The third-order valence-electron chi connectivity index (χ3n) is 2.75. The van der Waals surface area contributed by atoms with Crippen molar-refractivity contribution >= 4 is 11.6 Å². The number of benzene rings is 1. The minimum Gasteiger partial charge on any atom is -0.506 e. The SMILES string of the molecule is CC(CO)CCCNCc1cccc(Cl)c1O. The Morgan fingerprint density at radius 3 is 2.88 bits per heavy atom. The number of aliphatic hydroxyl groups excluding tert-OH is 1. The summed E-state index contributed by atoms with van der Waals surface area (Å²) in [6, 6.07) is 5.35. The summed E-state index contributed by atoms with van der Waals surface area (Å²) < 4.78 is 0. The molecule has 1 rings (SSSR count). The van der Waals surface area contributed by atoms with Gasteiger partial charge in [0.15, 0.2) is 0 Å². The summed E-state index contributed by atoms with van der Waals surface area (Å²) in [7, 11) is 0. The first kappa shape index (κ1) is 14.3. The zero-order chi connectivity index (χ0) is 12.7. The molecule has 1 unspecified atom stereocenters. The number of phenols is 1. The van der Waals surface area contributed by atoms with Gasteiger partial charge in [0.2, 0.25) is 0 Å². The van der Waals surface area contributed by atoms with Crippen molar-refractivity contribution < 1.29 is 10.2 Å². The molecule has 0 aliphatic heterocycles. The summed E-state index contributed by atoms with van der Waals surface area (Å²) >= 11 is 5.81. The predicted molar refractivity (Wildman–Crippen MR) is 70.3 cm³/mol. The summed E-state index contributed by atoms with van der Waals surface area (Å²) in [5.41, 5.74) is 0.813. The number of halogens is 1. The molecule has 0 saturated carbocycles. The van der Waals surface area contributed by atoms with Gasteiger partial charge in [0.25, 0.3) is 0 Å². The molecular weight excluding hydrogens is 238 g/mol. The Labute approximate surface area is 107 Å². The number of rotatable bonds is 7. The summed E-state index contributed by atoms with van der Waals surface area (Å²) in [4.78, 5) is 0. The van der Waals surface area contributed by atoms with Crippen LogP contribution in [-0.4, -0.2) is 23.4 Å². The number of phenolic OH excluding ortho intramolecular Hbond substituents is 1. The van der Waals surface area contributed by atoms with E-state index in [1.165, 1.54) is 0 Å². The lowest BCUT2D eigenvalue weighted by Crippen LogP contribution is -2.16. The van der Waals surface area contributed by atoms with Crippen LogP contribution in [0, 0.1) is 5.92 Å². The van der Waals surface area contributed by atoms with Gasteiger partial charge in [-0.05, 0) is 31.4 Å². The average Bonchev–Trinajstić information content (AvgIpc) is 2.33. The molecule has 3 nitrogen and oxygen atoms in total. The van der Waals surface area contributed by atoms with Gasteiger partial charge in [-0.15, -0.1) is 0 Å². The highest BCUT2D eigenvalue weighted by atomic mass is 35.5. The third-order valence-corrected chi connectivity index (χ3v) is 3.05. The van der Waals surface area contributed by atoms with Gasteiger partial charge >= 0.3 is 0 Å². The fourth-order valence-corrected chi connectivity index (χ4v) is 1.79. The molecule has 0 aliphatic rings. The maximum atomic E-state index is 9.68. The van der Waals surface area contributed by atoms with Gasteiger partial charge in [0.1, 0.15) is 5.75 Å². The van der Waals surface area contributed by atoms with Crippen LogP contribution in [0.1, 0.15) is 25.3 Å². The Bertz CT molecular complexity index is 344. The van der Waals surface area contributed by atoms with Crippen LogP contribution < -0.4 is 5.32 Å². The van der Waals surface area contributed by atoms with E-state index in [1.54, 1.807) is 6.07 Å². The highest BCUT2D eigenvalue weighted by Crippen LogP contribution is 2.26. The van der Waals surface area contributed by atoms with Crippen LogP contribution in [0.25, 0.3) is 0 Å². The Balaban J connectivity index is 2.25. The molecule has 0 saturated heterocycles. The van der Waals surface area contributed by atoms with Crippen LogP contribution in [0.2, 0.25) is 5.02 Å². The van der Waals surface area contributed by atoms with E-state index >= 15 is 0 Å². The van der Waals surface area contributed by atoms with Gasteiger partial charge in [0.05, 0.1) is 5.02 Å². The zero-order valence-electron chi connectivity index (χ0n) is 10.1. The molecule has 0 aromatic heterocycles. The maximum absolute atomic E-state index is 9.68. The Morgan fingerprint density at radius 1 is 1.41 bits per heavy atom. The molecule has 0 amide bonds. The molecule has 0 heterocycles. The van der Waals surface area contributed by atoms with Crippen molar-refractivity contribution in [2.24, 2.45) is 5.92 Å². The highest BCUT2D eigenvalue weighted by molar-refractivity contribution is 6.32. The largest absolute Gasteiger partial charge is 0.506 e. The molecule has 0 aliphatic carbocycles. The molecule has 1 atom stereocenters. The van der Waals surface area contributed by atoms with E-state index in [1.807, 2.05) is 19.1 Å². The van der Waals surface area contributed by atoms with Crippen LogP contribution in [0.3, 0.4) is 0 Å². The highest BCUT2D eigenvalue weighted by Gasteiger charge is 2.04. The summed E-state index contributed by atoms with van der Waals surface area (Å²) in [6.45, 7) is 3.76. The summed E-state index contributed by atoms with van der Waals surface area (Å²) in [6.07, 6.45) is 2.02. The number of para-hydroxylation sites is 1. The van der Waals surface area contributed by atoms with Crippen molar-refractivity contribution in [2.45, 2.75) is 26.3 Å². The molecular formula is C13H20ClNO2. The van der Waals surface area contributed by atoms with Crippen LogP contribution in [0.5, 0.6) is 5.75 Å². The van der Waals surface area contributed by atoms with Crippen LogP contribution >= 0.6 is 11.6 Å². The van der Waals surface area contributed by atoms with Gasteiger partial charge in [0, 0.05) is 18.7 Å². The topological polar surface area (TPSA) is 52.5 Å². The molecule has 4 heteroatoms. The first-order valence-electron chi connectivity index (χ1n) is 5.93. The molecule has 1 aromatic carbocycles. The van der Waals surface area contributed by atoms with Crippen molar-refractivity contribution in [3.05, 3.63) is 28.8 Å². The first-order chi connectivity index (χ1) is 8.15. The Hall–Kier alpha value is -0.770. The third kappa shape index (κ3) is 4.94. The number of hydrogen-bond acceptors (Lipinski definition) is 3. The van der Waals surface area contributed by atoms with Crippen molar-refractivity contribution in [1.82, 2.24) is 5.32 Å². The maximum Gasteiger partial charge on any atom is 0.138 e. The number of aliphatic hydroxyl groups is 1. The molecule has 3 N–H and O–H groups in total. The van der Waals surface area contributed by atoms with Crippen molar-refractivity contribution in [3.8, 4) is 5.75 Å². The van der Waals surface area contributed by atoms with Crippen LogP contribution in [-0.2, 0) is 6.54 Å². The van der Waals surface area contributed by atoms with E-state index < -0.39 is 0 Å². The average molecular weight is 258 g/mol. The molecule has 1 aromatic rings. The van der Waals surface area contributed by atoms with Crippen molar-refractivity contribution in [2.75, 3.05) is 13.2 Å². The van der Waals surface area contributed by atoms with Crippen molar-refractivity contribution in [3.63, 3.8) is 0 Å². The minimum absolute atomic E-state index is 0.158. The van der Waals surface area contributed by atoms with Crippen molar-refractivity contribution in [1.29, 1.82) is 0 Å². The van der Waals surface area contributed by atoms with Gasteiger partial charge in [-0.1, -0.05) is 30.7 Å². The normalized spacial score (nSPS) is 12.6. The van der Waals surface area contributed by atoms with Gasteiger partial charge in [-0.25, -0.2) is 0 Å². The van der Waals surface area contributed by atoms with Crippen LogP contribution in [0.4, 0.5) is 0 Å². The van der Waals surface area contributed by atoms with E-state index in [9.17, 15) is 5.11 Å². The lowest BCUT2D eigenvalue weighted by molar-refractivity contribution is 0.228. The Kier molecular flexibility index (Phi) is 6.34. The monoisotopic (exact) mass is 257 g/mol. The number of hydrogen-bond donors (Lipinski definition) is 3. The van der Waals surface area contributed by atoms with E-state index in [4.69, 9.17) is 16.7 Å². The second kappa shape index (κ2) is 7.54. The van der Waals surface area contributed by atoms with E-state index in [0.29, 0.717) is 17.5 Å². The predicted octanol–water partition coefficient (Wildman–Crippen LogP) is 2.54. The van der Waals surface area contributed by atoms with E-state index in [-0.39, 0.29) is 12.4 Å². The molecule has 0 radical (unpaired) electrons. The number of nitrogens with one attached hydrogen (secondary N) is 1. The van der Waals surface area contributed by atoms with Gasteiger partial charge in [-0.2, -0.15) is 0 Å². The quantitative estimate of drug-likeness (QED) is 0.658. The van der Waals surface area contributed by atoms with E-state index in [2.05, 4.69) is 5.32 Å². The van der Waals surface area contributed by atoms with E-state index in [0.717, 1.165) is 24.9 Å². The molecule has 0 spiro atoms. The van der Waals surface area contributed by atoms with Crippen LogP contribution in [0.15, 0.2) is 18.2 Å². The number of aromatic hydroxyl groups is 1. The van der Waals surface area contributed by atoms with Gasteiger partial charge < -0.3 is 15.5 Å². The summed E-state index contributed by atoms with van der Waals surface area (Å²) in [5.74, 6) is 0.516. The molecule has 0 bridgehead atoms. The lowest BCUT2D eigenvalue weighted by atomic mass is 10.1. The molecule has 17 heavy (non-hydrogen) atoms. The zero-order valence-corrected chi connectivity index (χ0v) is 10.9. The smallest absolute Gasteiger partial charge is 0.138 e. The fraction of sp³-hybridized carbons (Fsp3) is 0.538. The minimum atomic E-state index is 0.158. The van der Waals surface area contributed by atoms with Gasteiger partial charge in [-0.3, -0.25) is 0 Å². The summed E-state index contributed by atoms with van der Waals surface area (Å²) in [5, 5.41) is 22.2. The fourth-order valence-electron chi connectivity index (χ4n) is 1.59. The standard InChI is InChI=1S/C13H20ClNO2/c1-10(9-16)4-3-7-15-8-11-5-2-6-12(14)13(11)17/h2,5-6,10,15-17H,3-4,7-9H2,1H3. The molecule has 96 valence electrons. The first-order valence-corrected chi connectivity index (χ1v) is 6.31. The second-order valence-corrected chi connectivity index (χ2v) is 4.76. The molecule has 0 fully saturated rings.